The highest BCUT2D eigenvalue weighted by Gasteiger charge is 2.13. The third kappa shape index (κ3) is 2.48. The molecule has 2 rings (SSSR count). The first kappa shape index (κ1) is 11.7. The zero-order valence-corrected chi connectivity index (χ0v) is 11.1. The van der Waals surface area contributed by atoms with Gasteiger partial charge < -0.3 is 5.73 Å². The lowest BCUT2D eigenvalue weighted by Gasteiger charge is -2.02. The summed E-state index contributed by atoms with van der Waals surface area (Å²) in [6.45, 7) is 4.97. The van der Waals surface area contributed by atoms with Gasteiger partial charge in [-0.15, -0.1) is 22.7 Å². The Morgan fingerprint density at radius 3 is 2.81 bits per heavy atom. The minimum absolute atomic E-state index is 0.573. The van der Waals surface area contributed by atoms with Crippen LogP contribution in [-0.2, 0) is 13.0 Å². The van der Waals surface area contributed by atoms with Gasteiger partial charge in [0.05, 0.1) is 11.2 Å². The molecule has 5 heteroatoms. The minimum atomic E-state index is 0.573. The molecule has 0 saturated heterocycles. The van der Waals surface area contributed by atoms with Crippen LogP contribution in [0, 0.1) is 5.92 Å². The van der Waals surface area contributed by atoms with Gasteiger partial charge in [0.25, 0.3) is 0 Å². The molecule has 0 atom stereocenters. The number of thiazole rings is 2. The van der Waals surface area contributed by atoms with Gasteiger partial charge in [-0.3, -0.25) is 0 Å². The quantitative estimate of drug-likeness (QED) is 0.911. The minimum Gasteiger partial charge on any atom is -0.326 e. The normalized spacial score (nSPS) is 11.2. The summed E-state index contributed by atoms with van der Waals surface area (Å²) >= 11 is 3.26. The lowest BCUT2D eigenvalue weighted by atomic mass is 10.1. The second-order valence-electron chi connectivity index (χ2n) is 4.06. The van der Waals surface area contributed by atoms with E-state index in [-0.39, 0.29) is 0 Å². The largest absolute Gasteiger partial charge is 0.326 e. The number of aromatic nitrogens is 2. The predicted octanol–water partition coefficient (Wildman–Crippen LogP) is 2.92. The second kappa shape index (κ2) is 5.03. The molecule has 0 unspecified atom stereocenters. The lowest BCUT2D eigenvalue weighted by Crippen LogP contribution is -2.01. The highest BCUT2D eigenvalue weighted by atomic mass is 32.1. The summed E-state index contributed by atoms with van der Waals surface area (Å²) in [5, 5.41) is 3.02. The Kier molecular flexibility index (Phi) is 3.68. The molecule has 2 aromatic heterocycles. The van der Waals surface area contributed by atoms with Crippen molar-refractivity contribution in [2.75, 3.05) is 0 Å². The van der Waals surface area contributed by atoms with Crippen LogP contribution in [0.4, 0.5) is 0 Å². The van der Waals surface area contributed by atoms with Gasteiger partial charge in [0.2, 0.25) is 0 Å². The van der Waals surface area contributed by atoms with Crippen molar-refractivity contribution in [3.8, 4) is 10.7 Å². The molecule has 0 fully saturated rings. The Balaban J connectivity index is 2.32. The molecule has 0 aliphatic heterocycles. The van der Waals surface area contributed by atoms with E-state index >= 15 is 0 Å². The molecule has 0 bridgehead atoms. The molecule has 0 spiro atoms. The molecule has 0 radical (unpaired) electrons. The van der Waals surface area contributed by atoms with Gasteiger partial charge >= 0.3 is 0 Å². The third-order valence-electron chi connectivity index (χ3n) is 2.22. The van der Waals surface area contributed by atoms with Crippen LogP contribution in [0.5, 0.6) is 0 Å². The third-order valence-corrected chi connectivity index (χ3v) is 3.95. The van der Waals surface area contributed by atoms with Gasteiger partial charge in [-0.2, -0.15) is 0 Å². The molecular weight excluding hydrogens is 238 g/mol. The summed E-state index contributed by atoms with van der Waals surface area (Å²) in [7, 11) is 0. The van der Waals surface area contributed by atoms with Crippen LogP contribution in [0.3, 0.4) is 0 Å². The first-order valence-electron chi connectivity index (χ1n) is 5.28. The maximum Gasteiger partial charge on any atom is 0.143 e. The summed E-state index contributed by atoms with van der Waals surface area (Å²) in [5.41, 5.74) is 9.70. The summed E-state index contributed by atoms with van der Waals surface area (Å²) in [6.07, 6.45) is 0.993. The van der Waals surface area contributed by atoms with Crippen LogP contribution < -0.4 is 5.73 Å². The second-order valence-corrected chi connectivity index (χ2v) is 5.87. The molecule has 0 amide bonds. The standard InChI is InChI=1S/C11H15N3S2/c1-7(2)3-8-10(4-12)16-11(14-8)9-5-15-6-13-9/h5-7H,3-4,12H2,1-2H3. The fourth-order valence-corrected chi connectivity index (χ4v) is 3.06. The molecule has 0 aliphatic carbocycles. The monoisotopic (exact) mass is 253 g/mol. The van der Waals surface area contributed by atoms with Crippen LogP contribution in [0.1, 0.15) is 24.4 Å². The van der Waals surface area contributed by atoms with Crippen LogP contribution in [-0.4, -0.2) is 9.97 Å². The molecule has 0 saturated carbocycles. The molecule has 2 heterocycles. The van der Waals surface area contributed by atoms with E-state index in [4.69, 9.17) is 5.73 Å². The Morgan fingerprint density at radius 1 is 1.44 bits per heavy atom. The van der Waals surface area contributed by atoms with Crippen LogP contribution >= 0.6 is 22.7 Å². The maximum atomic E-state index is 5.75. The summed E-state index contributed by atoms with van der Waals surface area (Å²) in [4.78, 5) is 10.1. The van der Waals surface area contributed by atoms with E-state index < -0.39 is 0 Å². The van der Waals surface area contributed by atoms with Gasteiger partial charge in [-0.05, 0) is 12.3 Å². The van der Waals surface area contributed by atoms with Crippen molar-refractivity contribution in [2.24, 2.45) is 11.7 Å². The topological polar surface area (TPSA) is 51.8 Å². The first-order chi connectivity index (χ1) is 7.70. The molecule has 2 aromatic rings. The molecule has 0 aromatic carbocycles. The highest BCUT2D eigenvalue weighted by molar-refractivity contribution is 7.15. The molecule has 86 valence electrons. The van der Waals surface area contributed by atoms with Crippen LogP contribution in [0.15, 0.2) is 10.9 Å². The Bertz CT molecular complexity index is 446. The number of hydrogen-bond donors (Lipinski definition) is 1. The smallest absolute Gasteiger partial charge is 0.143 e. The van der Waals surface area contributed by atoms with Gasteiger partial charge in [-0.1, -0.05) is 13.8 Å². The maximum absolute atomic E-state index is 5.75. The number of nitrogens with zero attached hydrogens (tertiary/aromatic N) is 2. The Hall–Kier alpha value is -0.780. The average molecular weight is 253 g/mol. The summed E-state index contributed by atoms with van der Waals surface area (Å²) in [6, 6.07) is 0. The van der Waals surface area contributed by atoms with Crippen molar-refractivity contribution in [1.29, 1.82) is 0 Å². The van der Waals surface area contributed by atoms with Crippen molar-refractivity contribution in [3.63, 3.8) is 0 Å². The van der Waals surface area contributed by atoms with E-state index in [1.807, 2.05) is 10.9 Å². The number of nitrogens with two attached hydrogens (primary N) is 1. The highest BCUT2D eigenvalue weighted by Crippen LogP contribution is 2.28. The van der Waals surface area contributed by atoms with E-state index in [0.717, 1.165) is 22.8 Å². The predicted molar refractivity (Wildman–Crippen MR) is 69.7 cm³/mol. The average Bonchev–Trinajstić information content (AvgIpc) is 2.83. The summed E-state index contributed by atoms with van der Waals surface area (Å²) in [5.74, 6) is 0.607. The summed E-state index contributed by atoms with van der Waals surface area (Å²) < 4.78 is 0. The molecule has 3 nitrogen and oxygen atoms in total. The van der Waals surface area contributed by atoms with Crippen LogP contribution in [0.25, 0.3) is 10.7 Å². The van der Waals surface area contributed by atoms with Crippen molar-refractivity contribution < 1.29 is 0 Å². The van der Waals surface area contributed by atoms with Gasteiger partial charge in [0, 0.05) is 16.8 Å². The Morgan fingerprint density at radius 2 is 2.25 bits per heavy atom. The first-order valence-corrected chi connectivity index (χ1v) is 7.03. The van der Waals surface area contributed by atoms with Crippen molar-refractivity contribution >= 4 is 22.7 Å². The van der Waals surface area contributed by atoms with E-state index in [2.05, 4.69) is 23.8 Å². The van der Waals surface area contributed by atoms with Gasteiger partial charge in [0.1, 0.15) is 10.7 Å². The lowest BCUT2D eigenvalue weighted by molar-refractivity contribution is 0.634. The fourth-order valence-electron chi connectivity index (χ4n) is 1.52. The number of rotatable bonds is 4. The van der Waals surface area contributed by atoms with E-state index in [1.165, 1.54) is 4.88 Å². The van der Waals surface area contributed by atoms with Gasteiger partial charge in [0.15, 0.2) is 0 Å². The molecular formula is C11H15N3S2. The SMILES string of the molecule is CC(C)Cc1nc(-c2cscn2)sc1CN. The van der Waals surface area contributed by atoms with Crippen molar-refractivity contribution in [3.05, 3.63) is 21.5 Å². The van der Waals surface area contributed by atoms with E-state index in [1.54, 1.807) is 22.7 Å². The zero-order chi connectivity index (χ0) is 11.5. The molecule has 0 aliphatic rings. The van der Waals surface area contributed by atoms with Crippen molar-refractivity contribution in [1.82, 2.24) is 9.97 Å². The Labute approximate surface area is 103 Å². The molecule has 16 heavy (non-hydrogen) atoms. The zero-order valence-electron chi connectivity index (χ0n) is 9.43. The fraction of sp³-hybridized carbons (Fsp3) is 0.455. The van der Waals surface area contributed by atoms with E-state index in [9.17, 15) is 0 Å². The van der Waals surface area contributed by atoms with Gasteiger partial charge in [-0.25, -0.2) is 9.97 Å². The van der Waals surface area contributed by atoms with Crippen molar-refractivity contribution in [2.45, 2.75) is 26.8 Å². The molecule has 2 N–H and O–H groups in total. The number of hydrogen-bond acceptors (Lipinski definition) is 5. The van der Waals surface area contributed by atoms with Crippen LogP contribution in [0.2, 0.25) is 0 Å². The van der Waals surface area contributed by atoms with E-state index in [0.29, 0.717) is 12.5 Å².